The SMILES string of the molecule is CCC.CCCOc1cc(CNCC)cc(OC2CC2)c1/C(N)=C(F)/C=C(\C)F. The highest BCUT2D eigenvalue weighted by molar-refractivity contribution is 5.76. The summed E-state index contributed by atoms with van der Waals surface area (Å²) < 4.78 is 39.3. The molecule has 0 heterocycles. The van der Waals surface area contributed by atoms with Gasteiger partial charge in [0, 0.05) is 12.6 Å². The molecule has 1 fully saturated rings. The van der Waals surface area contributed by atoms with E-state index in [1.54, 1.807) is 0 Å². The molecule has 0 amide bonds. The van der Waals surface area contributed by atoms with Crippen LogP contribution in [0.2, 0.25) is 0 Å². The molecule has 4 nitrogen and oxygen atoms in total. The highest BCUT2D eigenvalue weighted by Gasteiger charge is 2.27. The fraction of sp³-hybridized carbons (Fsp3) is 0.565. The lowest BCUT2D eigenvalue weighted by atomic mass is 10.0. The van der Waals surface area contributed by atoms with Gasteiger partial charge < -0.3 is 20.5 Å². The number of hydrogen-bond acceptors (Lipinski definition) is 4. The van der Waals surface area contributed by atoms with Crippen LogP contribution in [0.25, 0.3) is 5.70 Å². The summed E-state index contributed by atoms with van der Waals surface area (Å²) in [7, 11) is 0. The minimum atomic E-state index is -0.841. The number of allylic oxidation sites excluding steroid dienone is 3. The largest absolute Gasteiger partial charge is 0.493 e. The van der Waals surface area contributed by atoms with Crippen LogP contribution in [0, 0.1) is 0 Å². The highest BCUT2D eigenvalue weighted by atomic mass is 19.1. The number of nitrogens with two attached hydrogens (primary N) is 1. The topological polar surface area (TPSA) is 56.5 Å². The molecule has 3 N–H and O–H groups in total. The summed E-state index contributed by atoms with van der Waals surface area (Å²) in [5.74, 6) is -0.566. The molecule has 29 heavy (non-hydrogen) atoms. The van der Waals surface area contributed by atoms with Gasteiger partial charge in [-0.3, -0.25) is 0 Å². The van der Waals surface area contributed by atoms with Crippen molar-refractivity contribution in [3.8, 4) is 11.5 Å². The van der Waals surface area contributed by atoms with Gasteiger partial charge in [0.25, 0.3) is 0 Å². The molecule has 0 bridgehead atoms. The van der Waals surface area contributed by atoms with Crippen molar-refractivity contribution in [3.05, 3.63) is 41.0 Å². The number of benzene rings is 1. The molecule has 1 aliphatic rings. The smallest absolute Gasteiger partial charge is 0.149 e. The molecule has 0 atom stereocenters. The average Bonchev–Trinajstić information content (AvgIpc) is 3.48. The van der Waals surface area contributed by atoms with E-state index in [2.05, 4.69) is 19.2 Å². The molecule has 0 saturated heterocycles. The van der Waals surface area contributed by atoms with Gasteiger partial charge in [0.15, 0.2) is 0 Å². The second-order valence-electron chi connectivity index (χ2n) is 7.11. The van der Waals surface area contributed by atoms with E-state index >= 15 is 0 Å². The second kappa shape index (κ2) is 13.2. The summed E-state index contributed by atoms with van der Waals surface area (Å²) >= 11 is 0. The van der Waals surface area contributed by atoms with Gasteiger partial charge in [-0.1, -0.05) is 34.1 Å². The Hall–Kier alpha value is -2.08. The van der Waals surface area contributed by atoms with Gasteiger partial charge in [0.2, 0.25) is 0 Å². The number of ether oxygens (including phenoxy) is 2. The van der Waals surface area contributed by atoms with Gasteiger partial charge in [-0.25, -0.2) is 8.78 Å². The Kier molecular flexibility index (Phi) is 11.4. The zero-order valence-corrected chi connectivity index (χ0v) is 18.4. The van der Waals surface area contributed by atoms with Gasteiger partial charge >= 0.3 is 0 Å². The van der Waals surface area contributed by atoms with E-state index in [1.165, 1.54) is 13.3 Å². The Morgan fingerprint density at radius 2 is 1.79 bits per heavy atom. The third-order valence-corrected chi connectivity index (χ3v) is 3.84. The zero-order chi connectivity index (χ0) is 21.8. The molecule has 164 valence electrons. The van der Waals surface area contributed by atoms with Crippen LogP contribution in [-0.2, 0) is 6.54 Å². The first kappa shape index (κ1) is 25.0. The molecule has 0 radical (unpaired) electrons. The predicted molar refractivity (Wildman–Crippen MR) is 116 cm³/mol. The summed E-state index contributed by atoms with van der Waals surface area (Å²) in [6, 6.07) is 3.68. The Bertz CT molecular complexity index is 694. The van der Waals surface area contributed by atoms with Crippen LogP contribution < -0.4 is 20.5 Å². The van der Waals surface area contributed by atoms with E-state index in [0.29, 0.717) is 30.2 Å². The first-order valence-corrected chi connectivity index (χ1v) is 10.5. The summed E-state index contributed by atoms with van der Waals surface area (Å²) in [5, 5.41) is 3.25. The van der Waals surface area contributed by atoms with Crippen molar-refractivity contribution >= 4 is 5.70 Å². The molecule has 0 aromatic heterocycles. The standard InChI is InChI=1S/C20H28F2N2O2.C3H8/c1-4-8-25-17-10-14(12-24-5-2)11-18(26-15-6-7-15)19(17)20(23)16(22)9-13(3)21;1-3-2/h9-11,15,24H,4-8,12,23H2,1-3H3;3H2,1-2H3/b13-9+,20-16+;. The maximum Gasteiger partial charge on any atom is 0.149 e. The van der Waals surface area contributed by atoms with Crippen molar-refractivity contribution in [3.63, 3.8) is 0 Å². The lowest BCUT2D eigenvalue weighted by Crippen LogP contribution is -2.14. The molecule has 2 rings (SSSR count). The first-order valence-electron chi connectivity index (χ1n) is 10.5. The molecular formula is C23H36F2N2O2. The number of nitrogens with one attached hydrogen (secondary N) is 1. The molecule has 0 unspecified atom stereocenters. The zero-order valence-electron chi connectivity index (χ0n) is 18.4. The summed E-state index contributed by atoms with van der Waals surface area (Å²) in [6.07, 6.45) is 4.84. The van der Waals surface area contributed by atoms with Gasteiger partial charge in [-0.05, 0) is 50.4 Å². The van der Waals surface area contributed by atoms with E-state index in [9.17, 15) is 8.78 Å². The van der Waals surface area contributed by atoms with E-state index in [4.69, 9.17) is 15.2 Å². The second-order valence-corrected chi connectivity index (χ2v) is 7.11. The minimum absolute atomic E-state index is 0.108. The molecule has 1 aromatic rings. The summed E-state index contributed by atoms with van der Waals surface area (Å²) in [4.78, 5) is 0. The van der Waals surface area contributed by atoms with Gasteiger partial charge in [-0.15, -0.1) is 0 Å². The summed E-state index contributed by atoms with van der Waals surface area (Å²) in [6.45, 7) is 11.3. The fourth-order valence-electron chi connectivity index (χ4n) is 2.44. The fourth-order valence-corrected chi connectivity index (χ4v) is 2.44. The van der Waals surface area contributed by atoms with Crippen LogP contribution in [0.3, 0.4) is 0 Å². The molecule has 0 aliphatic heterocycles. The predicted octanol–water partition coefficient (Wildman–Crippen LogP) is 6.01. The van der Waals surface area contributed by atoms with Crippen molar-refractivity contribution in [2.75, 3.05) is 13.2 Å². The quantitative estimate of drug-likeness (QED) is 0.464. The minimum Gasteiger partial charge on any atom is -0.493 e. The van der Waals surface area contributed by atoms with Crippen molar-refractivity contribution in [2.45, 2.75) is 73.0 Å². The van der Waals surface area contributed by atoms with Crippen molar-refractivity contribution in [1.82, 2.24) is 5.32 Å². The summed E-state index contributed by atoms with van der Waals surface area (Å²) in [5.41, 5.74) is 7.15. The van der Waals surface area contributed by atoms with E-state index in [1.807, 2.05) is 26.0 Å². The maximum atomic E-state index is 14.4. The highest BCUT2D eigenvalue weighted by Crippen LogP contribution is 2.39. The monoisotopic (exact) mass is 410 g/mol. The Balaban J connectivity index is 0.00000132. The van der Waals surface area contributed by atoms with Crippen molar-refractivity contribution in [2.24, 2.45) is 5.73 Å². The molecule has 1 aromatic carbocycles. The number of rotatable bonds is 10. The van der Waals surface area contributed by atoms with Gasteiger partial charge in [-0.2, -0.15) is 0 Å². The van der Waals surface area contributed by atoms with E-state index in [-0.39, 0.29) is 11.8 Å². The lowest BCUT2D eigenvalue weighted by molar-refractivity contribution is 0.290. The van der Waals surface area contributed by atoms with E-state index < -0.39 is 11.7 Å². The number of hydrogen-bond donors (Lipinski definition) is 2. The Morgan fingerprint density at radius 3 is 2.31 bits per heavy atom. The Morgan fingerprint density at radius 1 is 1.17 bits per heavy atom. The Labute approximate surface area is 174 Å². The number of halogens is 2. The van der Waals surface area contributed by atoms with Gasteiger partial charge in [0.1, 0.15) is 17.3 Å². The molecule has 1 saturated carbocycles. The third kappa shape index (κ3) is 8.86. The average molecular weight is 411 g/mol. The van der Waals surface area contributed by atoms with Crippen LogP contribution >= 0.6 is 0 Å². The first-order chi connectivity index (χ1) is 13.9. The molecular weight excluding hydrogens is 374 g/mol. The van der Waals surface area contributed by atoms with Crippen LogP contribution in [0.15, 0.2) is 29.9 Å². The molecule has 1 aliphatic carbocycles. The third-order valence-electron chi connectivity index (χ3n) is 3.84. The normalized spacial score (nSPS) is 14.7. The van der Waals surface area contributed by atoms with Crippen LogP contribution in [0.1, 0.15) is 71.4 Å². The van der Waals surface area contributed by atoms with Crippen molar-refractivity contribution in [1.29, 1.82) is 0 Å². The maximum absolute atomic E-state index is 14.4. The molecule has 0 spiro atoms. The van der Waals surface area contributed by atoms with Crippen LogP contribution in [-0.4, -0.2) is 19.3 Å². The van der Waals surface area contributed by atoms with Gasteiger partial charge in [0.05, 0.1) is 29.8 Å². The van der Waals surface area contributed by atoms with E-state index in [0.717, 1.165) is 37.4 Å². The van der Waals surface area contributed by atoms with Crippen LogP contribution in [0.5, 0.6) is 11.5 Å². The lowest BCUT2D eigenvalue weighted by Gasteiger charge is -2.19. The van der Waals surface area contributed by atoms with Crippen LogP contribution in [0.4, 0.5) is 8.78 Å². The van der Waals surface area contributed by atoms with Crippen molar-refractivity contribution < 1.29 is 18.3 Å². The molecule has 6 heteroatoms.